The van der Waals surface area contributed by atoms with Crippen LogP contribution in [-0.2, 0) is 9.47 Å². The van der Waals surface area contributed by atoms with Gasteiger partial charge in [0.2, 0.25) is 0 Å². The van der Waals surface area contributed by atoms with Crippen molar-refractivity contribution >= 4 is 6.09 Å². The fraction of sp³-hybridized carbons (Fsp3) is 0.929. The first-order valence-corrected chi connectivity index (χ1v) is 7.26. The van der Waals surface area contributed by atoms with Gasteiger partial charge in [0.15, 0.2) is 0 Å². The predicted octanol–water partition coefficient (Wildman–Crippen LogP) is 1.62. The van der Waals surface area contributed by atoms with E-state index in [0.717, 1.165) is 13.1 Å². The highest BCUT2D eigenvalue weighted by Gasteiger charge is 2.32. The Kier molecular flexibility index (Phi) is 4.68. The van der Waals surface area contributed by atoms with Gasteiger partial charge in [-0.3, -0.25) is 0 Å². The number of nitrogens with one attached hydrogen (secondary N) is 1. The van der Waals surface area contributed by atoms with Gasteiger partial charge in [0.1, 0.15) is 5.60 Å². The topological polar surface area (TPSA) is 50.8 Å². The van der Waals surface area contributed by atoms with Gasteiger partial charge in [-0.15, -0.1) is 0 Å². The second-order valence-corrected chi connectivity index (χ2v) is 6.44. The van der Waals surface area contributed by atoms with Crippen LogP contribution < -0.4 is 5.32 Å². The van der Waals surface area contributed by atoms with Gasteiger partial charge in [-0.25, -0.2) is 4.79 Å². The van der Waals surface area contributed by atoms with Crippen molar-refractivity contribution in [1.29, 1.82) is 0 Å². The maximum atomic E-state index is 12.1. The van der Waals surface area contributed by atoms with E-state index in [-0.39, 0.29) is 12.2 Å². The quantitative estimate of drug-likeness (QED) is 0.786. The summed E-state index contributed by atoms with van der Waals surface area (Å²) >= 11 is 0. The zero-order valence-corrected chi connectivity index (χ0v) is 12.3. The lowest BCUT2D eigenvalue weighted by Crippen LogP contribution is -2.51. The van der Waals surface area contributed by atoms with Gasteiger partial charge in [0, 0.05) is 13.1 Å². The summed E-state index contributed by atoms with van der Waals surface area (Å²) in [5.74, 6) is 0.513. The summed E-state index contributed by atoms with van der Waals surface area (Å²) in [6.45, 7) is 9.68. The van der Waals surface area contributed by atoms with Crippen LogP contribution in [0.2, 0.25) is 0 Å². The third-order valence-corrected chi connectivity index (χ3v) is 3.61. The summed E-state index contributed by atoms with van der Waals surface area (Å²) in [7, 11) is 0. The highest BCUT2D eigenvalue weighted by atomic mass is 16.6. The average molecular weight is 270 g/mol. The van der Waals surface area contributed by atoms with Crippen molar-refractivity contribution in [3.8, 4) is 0 Å². The molecule has 5 nitrogen and oxygen atoms in total. The first kappa shape index (κ1) is 14.6. The van der Waals surface area contributed by atoms with E-state index in [0.29, 0.717) is 25.6 Å². The second-order valence-electron chi connectivity index (χ2n) is 6.44. The Labute approximate surface area is 115 Å². The van der Waals surface area contributed by atoms with Crippen molar-refractivity contribution < 1.29 is 14.3 Å². The fourth-order valence-electron chi connectivity index (χ4n) is 2.65. The number of carbonyl (C=O) groups excluding carboxylic acids is 1. The highest BCUT2D eigenvalue weighted by Crippen LogP contribution is 2.21. The first-order valence-electron chi connectivity index (χ1n) is 7.26. The van der Waals surface area contributed by atoms with E-state index in [1.165, 1.54) is 12.8 Å². The molecule has 2 fully saturated rings. The molecule has 0 bridgehead atoms. The van der Waals surface area contributed by atoms with E-state index in [2.05, 4.69) is 5.32 Å². The van der Waals surface area contributed by atoms with E-state index < -0.39 is 5.60 Å². The van der Waals surface area contributed by atoms with Crippen LogP contribution in [0.4, 0.5) is 4.79 Å². The van der Waals surface area contributed by atoms with E-state index in [1.807, 2.05) is 20.8 Å². The minimum Gasteiger partial charge on any atom is -0.444 e. The van der Waals surface area contributed by atoms with Crippen molar-refractivity contribution in [2.24, 2.45) is 5.92 Å². The van der Waals surface area contributed by atoms with Crippen LogP contribution in [0.25, 0.3) is 0 Å². The average Bonchev–Trinajstić information content (AvgIpc) is 2.38. The molecule has 0 radical (unpaired) electrons. The maximum absolute atomic E-state index is 12.1. The molecular formula is C14H26N2O3. The summed E-state index contributed by atoms with van der Waals surface area (Å²) in [4.78, 5) is 13.9. The monoisotopic (exact) mass is 270 g/mol. The van der Waals surface area contributed by atoms with Crippen LogP contribution in [0, 0.1) is 5.92 Å². The molecule has 0 saturated carbocycles. The number of amides is 1. The number of hydrogen-bond donors (Lipinski definition) is 1. The van der Waals surface area contributed by atoms with Gasteiger partial charge in [0.05, 0.1) is 19.3 Å². The van der Waals surface area contributed by atoms with Crippen LogP contribution in [0.5, 0.6) is 0 Å². The molecule has 1 amide bonds. The SMILES string of the molecule is CC(C)(C)OC(=O)N1CCOC(C2CCCNC2)C1. The fourth-order valence-corrected chi connectivity index (χ4v) is 2.65. The maximum Gasteiger partial charge on any atom is 0.410 e. The Bertz CT molecular complexity index is 308. The predicted molar refractivity (Wildman–Crippen MR) is 73.1 cm³/mol. The van der Waals surface area contributed by atoms with Gasteiger partial charge >= 0.3 is 6.09 Å². The van der Waals surface area contributed by atoms with Crippen molar-refractivity contribution in [3.63, 3.8) is 0 Å². The number of piperidine rings is 1. The normalized spacial score (nSPS) is 29.1. The van der Waals surface area contributed by atoms with Crippen LogP contribution in [0.3, 0.4) is 0 Å². The largest absolute Gasteiger partial charge is 0.444 e. The minimum absolute atomic E-state index is 0.147. The summed E-state index contributed by atoms with van der Waals surface area (Å²) in [5.41, 5.74) is -0.433. The molecule has 2 atom stereocenters. The molecule has 110 valence electrons. The lowest BCUT2D eigenvalue weighted by atomic mass is 9.93. The summed E-state index contributed by atoms with van der Waals surface area (Å²) in [6.07, 6.45) is 2.30. The molecule has 19 heavy (non-hydrogen) atoms. The van der Waals surface area contributed by atoms with Gasteiger partial charge < -0.3 is 19.7 Å². The highest BCUT2D eigenvalue weighted by molar-refractivity contribution is 5.68. The number of carbonyl (C=O) groups is 1. The van der Waals surface area contributed by atoms with Gasteiger partial charge in [0.25, 0.3) is 0 Å². The molecule has 2 aliphatic heterocycles. The molecule has 2 heterocycles. The van der Waals surface area contributed by atoms with Gasteiger partial charge in [-0.1, -0.05) is 0 Å². The molecule has 0 aromatic rings. The Balaban J connectivity index is 1.87. The molecule has 2 aliphatic rings. The number of rotatable bonds is 1. The lowest BCUT2D eigenvalue weighted by molar-refractivity contribution is -0.0668. The third-order valence-electron chi connectivity index (χ3n) is 3.61. The molecule has 5 heteroatoms. The number of morpholine rings is 1. The molecule has 2 unspecified atom stereocenters. The van der Waals surface area contributed by atoms with Crippen LogP contribution in [0.15, 0.2) is 0 Å². The van der Waals surface area contributed by atoms with E-state index >= 15 is 0 Å². The van der Waals surface area contributed by atoms with Crippen molar-refractivity contribution in [3.05, 3.63) is 0 Å². The summed E-state index contributed by atoms with van der Waals surface area (Å²) in [5, 5.41) is 3.40. The number of nitrogens with zero attached hydrogens (tertiary/aromatic N) is 1. The Morgan fingerprint density at radius 2 is 2.21 bits per heavy atom. The van der Waals surface area contributed by atoms with E-state index in [4.69, 9.17) is 9.47 Å². The molecule has 0 spiro atoms. The second kappa shape index (κ2) is 6.09. The van der Waals surface area contributed by atoms with E-state index in [9.17, 15) is 4.79 Å². The van der Waals surface area contributed by atoms with Crippen molar-refractivity contribution in [2.45, 2.75) is 45.3 Å². The Morgan fingerprint density at radius 3 is 2.84 bits per heavy atom. The number of ether oxygens (including phenoxy) is 2. The van der Waals surface area contributed by atoms with Gasteiger partial charge in [-0.2, -0.15) is 0 Å². The van der Waals surface area contributed by atoms with E-state index in [1.54, 1.807) is 4.90 Å². The summed E-state index contributed by atoms with van der Waals surface area (Å²) < 4.78 is 11.3. The van der Waals surface area contributed by atoms with Crippen LogP contribution in [0.1, 0.15) is 33.6 Å². The molecular weight excluding hydrogens is 244 g/mol. The Morgan fingerprint density at radius 1 is 1.42 bits per heavy atom. The standard InChI is InChI=1S/C14H26N2O3/c1-14(2,3)19-13(17)16-7-8-18-12(10-16)11-5-4-6-15-9-11/h11-12,15H,4-10H2,1-3H3. The lowest BCUT2D eigenvalue weighted by Gasteiger charge is -2.38. The van der Waals surface area contributed by atoms with Crippen LogP contribution >= 0.6 is 0 Å². The molecule has 0 aromatic carbocycles. The Hall–Kier alpha value is -0.810. The zero-order chi connectivity index (χ0) is 13.9. The number of hydrogen-bond acceptors (Lipinski definition) is 4. The molecule has 0 aliphatic carbocycles. The smallest absolute Gasteiger partial charge is 0.410 e. The third kappa shape index (κ3) is 4.35. The molecule has 2 rings (SSSR count). The first-order chi connectivity index (χ1) is 8.96. The summed E-state index contributed by atoms with van der Waals surface area (Å²) in [6, 6.07) is 0. The van der Waals surface area contributed by atoms with Gasteiger partial charge in [-0.05, 0) is 46.1 Å². The molecule has 1 N–H and O–H groups in total. The minimum atomic E-state index is -0.433. The molecule has 0 aromatic heterocycles. The van der Waals surface area contributed by atoms with Crippen molar-refractivity contribution in [2.75, 3.05) is 32.8 Å². The van der Waals surface area contributed by atoms with Crippen molar-refractivity contribution in [1.82, 2.24) is 10.2 Å². The molecule has 2 saturated heterocycles. The van der Waals surface area contributed by atoms with Crippen LogP contribution in [-0.4, -0.2) is 55.5 Å². The zero-order valence-electron chi connectivity index (χ0n) is 12.3.